The molecule has 0 bridgehead atoms. The van der Waals surface area contributed by atoms with Crippen molar-refractivity contribution in [3.8, 4) is 5.75 Å². The smallest absolute Gasteiger partial charge is 0.326 e. The minimum absolute atomic E-state index is 0.283. The van der Waals surface area contributed by atoms with Crippen molar-refractivity contribution >= 4 is 35.1 Å². The first kappa shape index (κ1) is 15.6. The number of nitrogens with one attached hydrogen (secondary N) is 1. The number of ether oxygens (including phenoxy) is 1. The summed E-state index contributed by atoms with van der Waals surface area (Å²) in [6.45, 7) is 1.35. The first-order valence-electron chi connectivity index (χ1n) is 5.54. The molecule has 0 aliphatic carbocycles. The molecule has 2 N–H and O–H groups in total. The minimum atomic E-state index is -1.08. The van der Waals surface area contributed by atoms with Crippen LogP contribution in [0.1, 0.15) is 13.3 Å². The number of hydrogen-bond acceptors (Lipinski definition) is 3. The number of rotatable bonds is 6. The van der Waals surface area contributed by atoms with Gasteiger partial charge in [-0.3, -0.25) is 4.79 Å². The summed E-state index contributed by atoms with van der Waals surface area (Å²) in [5.74, 6) is -1.30. The first-order valence-corrected chi connectivity index (χ1v) is 6.29. The second-order valence-corrected chi connectivity index (χ2v) is 4.57. The van der Waals surface area contributed by atoms with Crippen LogP contribution in [0.3, 0.4) is 0 Å². The van der Waals surface area contributed by atoms with Crippen molar-refractivity contribution in [3.63, 3.8) is 0 Å². The zero-order valence-electron chi connectivity index (χ0n) is 10.2. The molecule has 0 saturated heterocycles. The van der Waals surface area contributed by atoms with Crippen LogP contribution >= 0.6 is 23.2 Å². The summed E-state index contributed by atoms with van der Waals surface area (Å²) in [4.78, 5) is 22.2. The molecule has 0 radical (unpaired) electrons. The van der Waals surface area contributed by atoms with Crippen LogP contribution in [0.25, 0.3) is 0 Å². The van der Waals surface area contributed by atoms with Crippen molar-refractivity contribution in [2.24, 2.45) is 0 Å². The average Bonchev–Trinajstić information content (AvgIpc) is 2.34. The number of halogens is 2. The van der Waals surface area contributed by atoms with Gasteiger partial charge in [-0.05, 0) is 24.6 Å². The van der Waals surface area contributed by atoms with E-state index in [-0.39, 0.29) is 11.6 Å². The standard InChI is InChI=1S/C12H13Cl2NO4/c1-2-9(12(17)18)15-11(16)6-19-10-4-3-7(13)5-8(10)14/h3-5,9H,2,6H2,1H3,(H,15,16)(H,17,18). The minimum Gasteiger partial charge on any atom is -0.482 e. The van der Waals surface area contributed by atoms with Gasteiger partial charge in [-0.15, -0.1) is 0 Å². The van der Waals surface area contributed by atoms with E-state index in [2.05, 4.69) is 5.32 Å². The average molecular weight is 306 g/mol. The van der Waals surface area contributed by atoms with Crippen LogP contribution in [0.2, 0.25) is 10.0 Å². The first-order chi connectivity index (χ1) is 8.93. The Morgan fingerprint density at radius 1 is 1.42 bits per heavy atom. The van der Waals surface area contributed by atoms with Crippen LogP contribution in [-0.2, 0) is 9.59 Å². The molecule has 7 heteroatoms. The maximum atomic E-state index is 11.5. The second-order valence-electron chi connectivity index (χ2n) is 3.73. The largest absolute Gasteiger partial charge is 0.482 e. The van der Waals surface area contributed by atoms with Crippen LogP contribution in [0.15, 0.2) is 18.2 Å². The van der Waals surface area contributed by atoms with E-state index >= 15 is 0 Å². The molecule has 5 nitrogen and oxygen atoms in total. The van der Waals surface area contributed by atoms with E-state index in [0.29, 0.717) is 17.2 Å². The second kappa shape index (κ2) is 7.21. The Morgan fingerprint density at radius 2 is 2.11 bits per heavy atom. The molecule has 1 atom stereocenters. The fraction of sp³-hybridized carbons (Fsp3) is 0.333. The summed E-state index contributed by atoms with van der Waals surface area (Å²) in [5, 5.41) is 11.9. The van der Waals surface area contributed by atoms with Crippen LogP contribution in [0.4, 0.5) is 0 Å². The predicted octanol–water partition coefficient (Wildman–Crippen LogP) is 2.35. The highest BCUT2D eigenvalue weighted by Gasteiger charge is 2.17. The molecule has 104 valence electrons. The molecular weight excluding hydrogens is 293 g/mol. The third kappa shape index (κ3) is 4.96. The number of benzene rings is 1. The van der Waals surface area contributed by atoms with Crippen LogP contribution in [0.5, 0.6) is 5.75 Å². The van der Waals surface area contributed by atoms with Crippen molar-refractivity contribution < 1.29 is 19.4 Å². The summed E-state index contributed by atoms with van der Waals surface area (Å²) in [5.41, 5.74) is 0. The van der Waals surface area contributed by atoms with E-state index in [1.54, 1.807) is 13.0 Å². The van der Waals surface area contributed by atoms with Crippen molar-refractivity contribution in [3.05, 3.63) is 28.2 Å². The number of carbonyl (C=O) groups excluding carboxylic acids is 1. The lowest BCUT2D eigenvalue weighted by molar-refractivity contribution is -0.142. The number of aliphatic carboxylic acids is 1. The summed E-state index contributed by atoms with van der Waals surface area (Å²) in [6.07, 6.45) is 0.294. The monoisotopic (exact) mass is 305 g/mol. The number of hydrogen-bond donors (Lipinski definition) is 2. The molecule has 0 aliphatic rings. The molecule has 0 aromatic heterocycles. The number of amides is 1. The lowest BCUT2D eigenvalue weighted by atomic mass is 10.2. The van der Waals surface area contributed by atoms with Gasteiger partial charge in [-0.25, -0.2) is 4.79 Å². The van der Waals surface area contributed by atoms with Gasteiger partial charge >= 0.3 is 5.97 Å². The molecule has 1 unspecified atom stereocenters. The van der Waals surface area contributed by atoms with Gasteiger partial charge in [0.15, 0.2) is 6.61 Å². The van der Waals surface area contributed by atoms with Crippen LogP contribution < -0.4 is 10.1 Å². The fourth-order valence-corrected chi connectivity index (χ4v) is 1.77. The Hall–Kier alpha value is -1.46. The lowest BCUT2D eigenvalue weighted by Gasteiger charge is -2.13. The molecule has 1 aromatic carbocycles. The third-order valence-electron chi connectivity index (χ3n) is 2.29. The summed E-state index contributed by atoms with van der Waals surface area (Å²) < 4.78 is 5.18. The van der Waals surface area contributed by atoms with E-state index in [9.17, 15) is 9.59 Å². The van der Waals surface area contributed by atoms with E-state index in [1.807, 2.05) is 0 Å². The fourth-order valence-electron chi connectivity index (χ4n) is 1.31. The van der Waals surface area contributed by atoms with E-state index in [0.717, 1.165) is 0 Å². The van der Waals surface area contributed by atoms with Crippen LogP contribution in [0, 0.1) is 0 Å². The van der Waals surface area contributed by atoms with Gasteiger partial charge < -0.3 is 15.2 Å². The van der Waals surface area contributed by atoms with Gasteiger partial charge in [0.05, 0.1) is 5.02 Å². The van der Waals surface area contributed by atoms with Crippen molar-refractivity contribution in [1.29, 1.82) is 0 Å². The molecule has 0 spiro atoms. The van der Waals surface area contributed by atoms with Gasteiger partial charge in [-0.2, -0.15) is 0 Å². The van der Waals surface area contributed by atoms with Crippen molar-refractivity contribution in [2.75, 3.05) is 6.61 Å². The molecule has 0 aliphatic heterocycles. The summed E-state index contributed by atoms with van der Waals surface area (Å²) >= 11 is 11.6. The maximum absolute atomic E-state index is 11.5. The van der Waals surface area contributed by atoms with E-state index < -0.39 is 17.9 Å². The Kier molecular flexibility index (Phi) is 5.92. The zero-order chi connectivity index (χ0) is 14.4. The van der Waals surface area contributed by atoms with Gasteiger partial charge in [-0.1, -0.05) is 30.1 Å². The third-order valence-corrected chi connectivity index (χ3v) is 2.82. The van der Waals surface area contributed by atoms with Crippen LogP contribution in [-0.4, -0.2) is 29.6 Å². The Balaban J connectivity index is 2.52. The highest BCUT2D eigenvalue weighted by atomic mass is 35.5. The molecule has 0 saturated carbocycles. The summed E-state index contributed by atoms with van der Waals surface area (Å²) in [6, 6.07) is 3.68. The number of carbonyl (C=O) groups is 2. The molecule has 1 amide bonds. The van der Waals surface area contributed by atoms with Gasteiger partial charge in [0.2, 0.25) is 0 Å². The normalized spacial score (nSPS) is 11.7. The topological polar surface area (TPSA) is 75.6 Å². The van der Waals surface area contributed by atoms with E-state index in [4.69, 9.17) is 33.0 Å². The number of carboxylic acid groups (broad SMARTS) is 1. The molecular formula is C12H13Cl2NO4. The predicted molar refractivity (Wildman–Crippen MR) is 71.8 cm³/mol. The van der Waals surface area contributed by atoms with E-state index in [1.165, 1.54) is 12.1 Å². The number of carboxylic acids is 1. The molecule has 1 rings (SSSR count). The highest BCUT2D eigenvalue weighted by Crippen LogP contribution is 2.27. The molecule has 19 heavy (non-hydrogen) atoms. The van der Waals surface area contributed by atoms with Gasteiger partial charge in [0, 0.05) is 5.02 Å². The van der Waals surface area contributed by atoms with Crippen molar-refractivity contribution in [1.82, 2.24) is 5.32 Å². The molecule has 0 heterocycles. The Morgan fingerprint density at radius 3 is 2.63 bits per heavy atom. The maximum Gasteiger partial charge on any atom is 0.326 e. The van der Waals surface area contributed by atoms with Gasteiger partial charge in [0.25, 0.3) is 5.91 Å². The lowest BCUT2D eigenvalue weighted by Crippen LogP contribution is -2.42. The quantitative estimate of drug-likeness (QED) is 0.846. The van der Waals surface area contributed by atoms with Gasteiger partial charge in [0.1, 0.15) is 11.8 Å². The Bertz CT molecular complexity index is 479. The molecule has 0 fully saturated rings. The molecule has 1 aromatic rings. The SMILES string of the molecule is CCC(NC(=O)COc1ccc(Cl)cc1Cl)C(=O)O. The Labute approximate surface area is 120 Å². The summed E-state index contributed by atoms with van der Waals surface area (Å²) in [7, 11) is 0. The van der Waals surface area contributed by atoms with Crippen molar-refractivity contribution in [2.45, 2.75) is 19.4 Å². The zero-order valence-corrected chi connectivity index (χ0v) is 11.7. The highest BCUT2D eigenvalue weighted by molar-refractivity contribution is 6.35.